The molecule has 6 aromatic rings. The van der Waals surface area contributed by atoms with Crippen molar-refractivity contribution >= 4 is 44.1 Å². The topological polar surface area (TPSA) is 123 Å². The summed E-state index contributed by atoms with van der Waals surface area (Å²) in [6.07, 6.45) is 1.69. The monoisotopic (exact) mass is 685 g/mol. The molecule has 0 aliphatic carbocycles. The number of phenolic OH excluding ortho intramolecular Hbond substituents is 1. The van der Waals surface area contributed by atoms with E-state index in [2.05, 4.69) is 21.4 Å². The van der Waals surface area contributed by atoms with Crippen LogP contribution in [0.3, 0.4) is 0 Å². The molecule has 3 N–H and O–H groups in total. The number of hydrogen-bond donors (Lipinski definition) is 2. The molecule has 0 spiro atoms. The van der Waals surface area contributed by atoms with E-state index in [9.17, 15) is 9.90 Å². The second kappa shape index (κ2) is 12.8. The van der Waals surface area contributed by atoms with Crippen molar-refractivity contribution in [1.82, 2.24) is 24.2 Å². The average molecular weight is 686 g/mol. The number of nitrogens with zero attached hydrogens (tertiary/aromatic N) is 6. The van der Waals surface area contributed by atoms with Crippen molar-refractivity contribution in [3.05, 3.63) is 94.9 Å². The van der Waals surface area contributed by atoms with Crippen molar-refractivity contribution in [3.8, 4) is 28.5 Å². The Hall–Kier alpha value is -4.62. The summed E-state index contributed by atoms with van der Waals surface area (Å²) in [5.41, 5.74) is 10.1. The molecule has 48 heavy (non-hydrogen) atoms. The fraction of sp³-hybridized carbons (Fsp3) is 0.286. The first kappa shape index (κ1) is 32.0. The van der Waals surface area contributed by atoms with Crippen LogP contribution in [0.2, 0.25) is 5.02 Å². The summed E-state index contributed by atoms with van der Waals surface area (Å²) in [6, 6.07) is 20.2. The number of para-hydroxylation sites is 3. The van der Waals surface area contributed by atoms with Crippen LogP contribution in [0.1, 0.15) is 37.7 Å². The number of halogens is 1. The maximum absolute atomic E-state index is 13.0. The van der Waals surface area contributed by atoms with E-state index in [0.717, 1.165) is 34.0 Å². The molecule has 3 aromatic carbocycles. The summed E-state index contributed by atoms with van der Waals surface area (Å²) in [6.45, 7) is 9.71. The molecule has 11 nitrogen and oxygen atoms in total. The van der Waals surface area contributed by atoms with Crippen LogP contribution in [0.5, 0.6) is 17.4 Å². The number of urea groups is 1. The van der Waals surface area contributed by atoms with Crippen LogP contribution in [-0.4, -0.2) is 61.6 Å². The Labute approximate surface area is 286 Å². The average Bonchev–Trinajstić information content (AvgIpc) is 3.75. The minimum atomic E-state index is -0.711. The minimum absolute atomic E-state index is 0.0572. The number of aromatic hydroxyl groups is 1. The maximum atomic E-state index is 13.0. The molecule has 0 unspecified atom stereocenters. The van der Waals surface area contributed by atoms with Gasteiger partial charge >= 0.3 is 6.03 Å². The Morgan fingerprint density at radius 3 is 2.58 bits per heavy atom. The number of carbonyl (C=O) groups excluding carboxylic acids is 1. The first-order valence-corrected chi connectivity index (χ1v) is 16.9. The van der Waals surface area contributed by atoms with E-state index in [1.807, 2.05) is 57.2 Å². The third kappa shape index (κ3) is 6.08. The zero-order valence-electron chi connectivity index (χ0n) is 26.9. The van der Waals surface area contributed by atoms with E-state index in [-0.39, 0.29) is 17.3 Å². The molecule has 1 aliphatic rings. The van der Waals surface area contributed by atoms with Crippen molar-refractivity contribution in [2.45, 2.75) is 39.3 Å². The van der Waals surface area contributed by atoms with E-state index in [1.165, 1.54) is 9.80 Å². The van der Waals surface area contributed by atoms with Gasteiger partial charge in [-0.2, -0.15) is 14.9 Å². The highest BCUT2D eigenvalue weighted by molar-refractivity contribution is 7.23. The summed E-state index contributed by atoms with van der Waals surface area (Å²) in [4.78, 5) is 22.6. The smallest absolute Gasteiger partial charge is 0.335 e. The van der Waals surface area contributed by atoms with Crippen LogP contribution in [-0.2, 0) is 23.2 Å². The van der Waals surface area contributed by atoms with Gasteiger partial charge in [0, 0.05) is 41.7 Å². The number of thiazole rings is 1. The summed E-state index contributed by atoms with van der Waals surface area (Å²) in [5, 5.41) is 17.2. The van der Waals surface area contributed by atoms with Crippen molar-refractivity contribution in [3.63, 3.8) is 0 Å². The Morgan fingerprint density at radius 2 is 1.81 bits per heavy atom. The second-order valence-corrected chi connectivity index (χ2v) is 14.2. The predicted molar refractivity (Wildman–Crippen MR) is 188 cm³/mol. The number of fused-ring (bicyclic) bond motifs is 3. The van der Waals surface area contributed by atoms with Crippen LogP contribution < -0.4 is 15.5 Å². The summed E-state index contributed by atoms with van der Waals surface area (Å²) in [5.74, 6) is 0.983. The van der Waals surface area contributed by atoms with Crippen LogP contribution in [0.4, 0.5) is 4.79 Å². The number of aromatic nitrogens is 4. The zero-order valence-corrected chi connectivity index (χ0v) is 28.5. The quantitative estimate of drug-likeness (QED) is 0.178. The van der Waals surface area contributed by atoms with Gasteiger partial charge in [-0.05, 0) is 24.3 Å². The molecule has 0 saturated carbocycles. The molecule has 1 fully saturated rings. The third-order valence-corrected chi connectivity index (χ3v) is 9.71. The molecule has 7 rings (SSSR count). The summed E-state index contributed by atoms with van der Waals surface area (Å²) < 4.78 is 15.6. The molecule has 0 bridgehead atoms. The molecule has 248 valence electrons. The van der Waals surface area contributed by atoms with Gasteiger partial charge in [0.1, 0.15) is 17.2 Å². The number of morpholine rings is 1. The highest BCUT2D eigenvalue weighted by atomic mass is 35.5. The summed E-state index contributed by atoms with van der Waals surface area (Å²) >= 11 is 7.88. The van der Waals surface area contributed by atoms with E-state index >= 15 is 0 Å². The zero-order chi connectivity index (χ0) is 33.6. The molecular formula is C35H36ClN7O4S. The molecular weight excluding hydrogens is 650 g/mol. The number of phenols is 1. The lowest BCUT2D eigenvalue weighted by Crippen LogP contribution is -2.44. The number of ether oxygens (including phenoxy) is 2. The molecule has 0 atom stereocenters. The first-order chi connectivity index (χ1) is 23.1. The van der Waals surface area contributed by atoms with E-state index in [0.29, 0.717) is 53.8 Å². The highest BCUT2D eigenvalue weighted by Crippen LogP contribution is 2.40. The number of hydrogen-bond acceptors (Lipinski definition) is 8. The third-order valence-electron chi connectivity index (χ3n) is 8.38. The van der Waals surface area contributed by atoms with Gasteiger partial charge in [0.15, 0.2) is 4.96 Å². The Morgan fingerprint density at radius 1 is 1.06 bits per heavy atom. The molecule has 13 heteroatoms. The van der Waals surface area contributed by atoms with Crippen LogP contribution in [0.15, 0.2) is 72.9 Å². The van der Waals surface area contributed by atoms with Gasteiger partial charge in [-0.15, -0.1) is 0 Å². The standard InChI is InChI=1S/C35H36ClN7O4S/c1-35(2,3)31-24(23-10-8-11-25(36)30(23)44)20-42(39-31)41(33(37)45)19-22-9-4-6-13-28(22)47-32-27(21-40-15-17-46-18-16-40)43-26-12-5-7-14-29(26)48-34(43)38-32/h4-14,20,44H,15-19,21H2,1-3H3,(H2,37,45). The largest absolute Gasteiger partial charge is 0.506 e. The Balaban J connectivity index is 1.26. The lowest BCUT2D eigenvalue weighted by molar-refractivity contribution is 0.0333. The van der Waals surface area contributed by atoms with Crippen molar-refractivity contribution in [2.24, 2.45) is 5.73 Å². The molecule has 4 heterocycles. The van der Waals surface area contributed by atoms with Crippen LogP contribution in [0.25, 0.3) is 26.3 Å². The lowest BCUT2D eigenvalue weighted by atomic mass is 9.87. The van der Waals surface area contributed by atoms with Gasteiger partial charge < -0.3 is 20.3 Å². The molecule has 2 amide bonds. The van der Waals surface area contributed by atoms with Gasteiger partial charge in [0.05, 0.1) is 46.9 Å². The van der Waals surface area contributed by atoms with Crippen LogP contribution in [0, 0.1) is 0 Å². The Kier molecular flexibility index (Phi) is 8.50. The molecule has 1 aliphatic heterocycles. The number of primary amides is 1. The van der Waals surface area contributed by atoms with Gasteiger partial charge in [-0.25, -0.2) is 9.80 Å². The van der Waals surface area contributed by atoms with Gasteiger partial charge in [-0.3, -0.25) is 9.30 Å². The number of carbonyl (C=O) groups is 1. The fourth-order valence-corrected chi connectivity index (χ4v) is 7.18. The van der Waals surface area contributed by atoms with Crippen molar-refractivity contribution in [1.29, 1.82) is 0 Å². The Bertz CT molecular complexity index is 2130. The number of imidazole rings is 1. The highest BCUT2D eigenvalue weighted by Gasteiger charge is 2.29. The predicted octanol–water partition coefficient (Wildman–Crippen LogP) is 6.91. The normalized spacial score (nSPS) is 14.2. The van der Waals surface area contributed by atoms with Crippen molar-refractivity contribution < 1.29 is 19.4 Å². The second-order valence-electron chi connectivity index (χ2n) is 12.7. The minimum Gasteiger partial charge on any atom is -0.506 e. The van der Waals surface area contributed by atoms with E-state index < -0.39 is 11.4 Å². The number of nitrogens with two attached hydrogens (primary N) is 1. The number of amides is 2. The molecule has 1 saturated heterocycles. The SMILES string of the molecule is CC(C)(C)c1nn(N(Cc2ccccc2Oc2nc3sc4ccccc4n3c2CN2CCOCC2)C(N)=O)cc1-c1cccc(Cl)c1O. The van der Waals surface area contributed by atoms with Crippen LogP contribution >= 0.6 is 22.9 Å². The maximum Gasteiger partial charge on any atom is 0.335 e. The van der Waals surface area contributed by atoms with Gasteiger partial charge in [0.25, 0.3) is 0 Å². The number of rotatable bonds is 8. The summed E-state index contributed by atoms with van der Waals surface area (Å²) in [7, 11) is 0. The number of benzene rings is 3. The van der Waals surface area contributed by atoms with E-state index in [4.69, 9.17) is 36.9 Å². The van der Waals surface area contributed by atoms with Gasteiger partial charge in [-0.1, -0.05) is 86.2 Å². The van der Waals surface area contributed by atoms with Gasteiger partial charge in [0.2, 0.25) is 5.88 Å². The first-order valence-electron chi connectivity index (χ1n) is 15.7. The van der Waals surface area contributed by atoms with Crippen molar-refractivity contribution in [2.75, 3.05) is 31.3 Å². The van der Waals surface area contributed by atoms with E-state index in [1.54, 1.807) is 35.7 Å². The molecule has 3 aromatic heterocycles. The lowest BCUT2D eigenvalue weighted by Gasteiger charge is -2.26. The molecule has 0 radical (unpaired) electrons. The fourth-order valence-electron chi connectivity index (χ4n) is 5.97.